The molecular weight excluding hydrogens is 186 g/mol. The lowest BCUT2D eigenvalue weighted by Crippen LogP contribution is -2.27. The molecule has 1 aliphatic carbocycles. The Balaban J connectivity index is 2.15. The SMILES string of the molecule is CC1(C)CC(=O)c2cc3n(c2C1)CCC3. The molecule has 0 N–H and O–H groups in total. The van der Waals surface area contributed by atoms with Crippen LogP contribution in [0.1, 0.15) is 48.4 Å². The molecule has 0 unspecified atom stereocenters. The Hall–Kier alpha value is -1.05. The summed E-state index contributed by atoms with van der Waals surface area (Å²) in [6.07, 6.45) is 4.18. The molecule has 0 bridgehead atoms. The van der Waals surface area contributed by atoms with Gasteiger partial charge < -0.3 is 4.57 Å². The Bertz CT molecular complexity index is 440. The van der Waals surface area contributed by atoms with E-state index in [-0.39, 0.29) is 5.41 Å². The van der Waals surface area contributed by atoms with Gasteiger partial charge in [0, 0.05) is 29.9 Å². The maximum atomic E-state index is 12.0. The zero-order chi connectivity index (χ0) is 10.6. The number of nitrogens with zero attached hydrogens (tertiary/aromatic N) is 1. The quantitative estimate of drug-likeness (QED) is 0.635. The molecule has 0 atom stereocenters. The van der Waals surface area contributed by atoms with E-state index in [4.69, 9.17) is 0 Å². The van der Waals surface area contributed by atoms with Crippen LogP contribution in [0.4, 0.5) is 0 Å². The Kier molecular flexibility index (Phi) is 1.68. The molecule has 2 aliphatic rings. The van der Waals surface area contributed by atoms with Crippen molar-refractivity contribution in [3.05, 3.63) is 23.0 Å². The number of aromatic nitrogens is 1. The van der Waals surface area contributed by atoms with Crippen LogP contribution in [0.15, 0.2) is 6.07 Å². The summed E-state index contributed by atoms with van der Waals surface area (Å²) in [5.41, 5.74) is 3.86. The first-order valence-corrected chi connectivity index (χ1v) is 5.81. The van der Waals surface area contributed by atoms with E-state index in [1.54, 1.807) is 0 Å². The zero-order valence-electron chi connectivity index (χ0n) is 9.47. The molecule has 0 saturated heterocycles. The number of fused-ring (bicyclic) bond motifs is 3. The van der Waals surface area contributed by atoms with Crippen molar-refractivity contribution in [2.24, 2.45) is 5.41 Å². The monoisotopic (exact) mass is 203 g/mol. The fraction of sp³-hybridized carbons (Fsp3) is 0.615. The highest BCUT2D eigenvalue weighted by atomic mass is 16.1. The Morgan fingerprint density at radius 3 is 2.93 bits per heavy atom. The average molecular weight is 203 g/mol. The van der Waals surface area contributed by atoms with Gasteiger partial charge in [-0.2, -0.15) is 0 Å². The fourth-order valence-electron chi connectivity index (χ4n) is 3.03. The van der Waals surface area contributed by atoms with Gasteiger partial charge in [-0.3, -0.25) is 4.79 Å². The molecule has 80 valence electrons. The molecule has 0 saturated carbocycles. The second-order valence-corrected chi connectivity index (χ2v) is 5.69. The molecule has 1 aliphatic heterocycles. The van der Waals surface area contributed by atoms with Crippen LogP contribution in [0.2, 0.25) is 0 Å². The second kappa shape index (κ2) is 2.75. The van der Waals surface area contributed by atoms with Crippen LogP contribution in [0.3, 0.4) is 0 Å². The van der Waals surface area contributed by atoms with E-state index in [9.17, 15) is 4.79 Å². The van der Waals surface area contributed by atoms with Gasteiger partial charge in [-0.1, -0.05) is 13.8 Å². The zero-order valence-corrected chi connectivity index (χ0v) is 9.47. The summed E-state index contributed by atoms with van der Waals surface area (Å²) in [6.45, 7) is 5.51. The van der Waals surface area contributed by atoms with Crippen LogP contribution in [-0.2, 0) is 19.4 Å². The number of hydrogen-bond donors (Lipinski definition) is 0. The minimum atomic E-state index is 0.155. The lowest BCUT2D eigenvalue weighted by Gasteiger charge is -2.29. The predicted octanol–water partition coefficient (Wildman–Crippen LogP) is 2.59. The van der Waals surface area contributed by atoms with Gasteiger partial charge in [-0.25, -0.2) is 0 Å². The highest BCUT2D eigenvalue weighted by Crippen LogP contribution is 2.37. The minimum absolute atomic E-state index is 0.155. The molecule has 2 heteroatoms. The standard InChI is InChI=1S/C13H17NO/c1-13(2)7-11-10(12(15)8-13)6-9-4-3-5-14(9)11/h6H,3-5,7-8H2,1-2H3. The lowest BCUT2D eigenvalue weighted by molar-refractivity contribution is 0.0910. The van der Waals surface area contributed by atoms with E-state index in [1.165, 1.54) is 17.8 Å². The van der Waals surface area contributed by atoms with Crippen molar-refractivity contribution in [1.29, 1.82) is 0 Å². The van der Waals surface area contributed by atoms with Crippen molar-refractivity contribution < 1.29 is 4.79 Å². The van der Waals surface area contributed by atoms with Crippen molar-refractivity contribution >= 4 is 5.78 Å². The molecular formula is C13H17NO. The number of carbonyl (C=O) groups is 1. The van der Waals surface area contributed by atoms with Gasteiger partial charge in [0.1, 0.15) is 0 Å². The van der Waals surface area contributed by atoms with E-state index in [1.807, 2.05) is 0 Å². The van der Waals surface area contributed by atoms with Crippen molar-refractivity contribution in [2.45, 2.75) is 46.1 Å². The lowest BCUT2D eigenvalue weighted by atomic mass is 9.76. The number of Topliss-reactive ketones (excluding diaryl/α,β-unsaturated/α-hetero) is 1. The Morgan fingerprint density at radius 1 is 1.33 bits per heavy atom. The van der Waals surface area contributed by atoms with Crippen LogP contribution in [0.5, 0.6) is 0 Å². The fourth-order valence-corrected chi connectivity index (χ4v) is 3.03. The van der Waals surface area contributed by atoms with E-state index < -0.39 is 0 Å². The van der Waals surface area contributed by atoms with E-state index in [2.05, 4.69) is 24.5 Å². The Morgan fingerprint density at radius 2 is 2.13 bits per heavy atom. The maximum Gasteiger partial charge on any atom is 0.165 e. The van der Waals surface area contributed by atoms with Crippen molar-refractivity contribution in [3.63, 3.8) is 0 Å². The third kappa shape index (κ3) is 1.27. The molecule has 2 heterocycles. The van der Waals surface area contributed by atoms with E-state index in [0.717, 1.165) is 24.9 Å². The molecule has 15 heavy (non-hydrogen) atoms. The van der Waals surface area contributed by atoms with Gasteiger partial charge in [0.25, 0.3) is 0 Å². The Labute approximate surface area is 90.3 Å². The van der Waals surface area contributed by atoms with Crippen molar-refractivity contribution in [1.82, 2.24) is 4.57 Å². The number of hydrogen-bond acceptors (Lipinski definition) is 1. The summed E-state index contributed by atoms with van der Waals surface area (Å²) in [5, 5.41) is 0. The number of aryl methyl sites for hydroxylation is 1. The molecule has 0 amide bonds. The summed E-state index contributed by atoms with van der Waals surface area (Å²) in [4.78, 5) is 12.0. The van der Waals surface area contributed by atoms with E-state index in [0.29, 0.717) is 12.2 Å². The summed E-state index contributed by atoms with van der Waals surface area (Å²) in [7, 11) is 0. The van der Waals surface area contributed by atoms with Crippen LogP contribution in [0.25, 0.3) is 0 Å². The minimum Gasteiger partial charge on any atom is -0.348 e. The van der Waals surface area contributed by atoms with E-state index >= 15 is 0 Å². The van der Waals surface area contributed by atoms with Gasteiger partial charge in [0.2, 0.25) is 0 Å². The number of carbonyl (C=O) groups excluding carboxylic acids is 1. The van der Waals surface area contributed by atoms with Crippen molar-refractivity contribution in [3.8, 4) is 0 Å². The van der Waals surface area contributed by atoms with Gasteiger partial charge in [-0.15, -0.1) is 0 Å². The predicted molar refractivity (Wildman–Crippen MR) is 59.2 cm³/mol. The van der Waals surface area contributed by atoms with Gasteiger partial charge >= 0.3 is 0 Å². The molecule has 3 rings (SSSR count). The van der Waals surface area contributed by atoms with Crippen LogP contribution < -0.4 is 0 Å². The highest BCUT2D eigenvalue weighted by Gasteiger charge is 2.34. The second-order valence-electron chi connectivity index (χ2n) is 5.69. The molecule has 1 aromatic heterocycles. The van der Waals surface area contributed by atoms with Crippen LogP contribution >= 0.6 is 0 Å². The molecule has 0 radical (unpaired) electrons. The van der Waals surface area contributed by atoms with Gasteiger partial charge in [0.05, 0.1) is 0 Å². The topological polar surface area (TPSA) is 22.0 Å². The maximum absolute atomic E-state index is 12.0. The first kappa shape index (κ1) is 9.20. The smallest absolute Gasteiger partial charge is 0.165 e. The van der Waals surface area contributed by atoms with Crippen LogP contribution in [-0.4, -0.2) is 10.4 Å². The molecule has 1 aromatic rings. The summed E-state index contributed by atoms with van der Waals surface area (Å²) >= 11 is 0. The van der Waals surface area contributed by atoms with Crippen molar-refractivity contribution in [2.75, 3.05) is 0 Å². The van der Waals surface area contributed by atoms with Gasteiger partial charge in [0.15, 0.2) is 5.78 Å². The average Bonchev–Trinajstić information content (AvgIpc) is 2.64. The molecule has 0 fully saturated rings. The number of rotatable bonds is 0. The molecule has 0 aromatic carbocycles. The summed E-state index contributed by atoms with van der Waals surface area (Å²) < 4.78 is 2.38. The number of ketones is 1. The largest absolute Gasteiger partial charge is 0.348 e. The highest BCUT2D eigenvalue weighted by molar-refractivity contribution is 5.99. The van der Waals surface area contributed by atoms with Gasteiger partial charge in [-0.05, 0) is 30.7 Å². The molecule has 2 nitrogen and oxygen atoms in total. The first-order chi connectivity index (χ1) is 7.07. The third-order valence-electron chi connectivity index (χ3n) is 3.69. The summed E-state index contributed by atoms with van der Waals surface area (Å²) in [6, 6.07) is 2.14. The van der Waals surface area contributed by atoms with Crippen LogP contribution in [0, 0.1) is 5.41 Å². The third-order valence-corrected chi connectivity index (χ3v) is 3.69. The molecule has 0 spiro atoms. The normalized spacial score (nSPS) is 22.7. The first-order valence-electron chi connectivity index (χ1n) is 5.81. The summed E-state index contributed by atoms with van der Waals surface area (Å²) in [5.74, 6) is 0.350.